The van der Waals surface area contributed by atoms with Gasteiger partial charge in [0.05, 0.1) is 12.1 Å². The lowest BCUT2D eigenvalue weighted by Gasteiger charge is -2.05. The number of nitrogens with zero attached hydrogens (tertiary/aromatic N) is 2. The van der Waals surface area contributed by atoms with E-state index in [9.17, 15) is 9.18 Å². The average Bonchev–Trinajstić information content (AvgIpc) is 3.15. The van der Waals surface area contributed by atoms with Gasteiger partial charge < -0.3 is 5.32 Å². The summed E-state index contributed by atoms with van der Waals surface area (Å²) in [6, 6.07) is 25.2. The first kappa shape index (κ1) is 17.7. The van der Waals surface area contributed by atoms with E-state index in [2.05, 4.69) is 10.4 Å². The number of hydrogen-bond donors (Lipinski definition) is 1. The van der Waals surface area contributed by atoms with Crippen molar-refractivity contribution in [3.8, 4) is 11.3 Å². The predicted molar refractivity (Wildman–Crippen MR) is 108 cm³/mol. The number of aromatic nitrogens is 2. The quantitative estimate of drug-likeness (QED) is 0.537. The molecule has 0 aliphatic rings. The van der Waals surface area contributed by atoms with E-state index in [-0.39, 0.29) is 11.7 Å². The van der Waals surface area contributed by atoms with E-state index in [1.165, 1.54) is 24.3 Å². The Hall–Kier alpha value is -3.73. The molecule has 1 heterocycles. The Morgan fingerprint density at radius 3 is 2.21 bits per heavy atom. The van der Waals surface area contributed by atoms with E-state index in [1.54, 1.807) is 10.9 Å². The molecule has 0 spiro atoms. The molecule has 0 aliphatic carbocycles. The number of hydrogen-bond acceptors (Lipinski definition) is 2. The standard InChI is InChI=1S/C23H18FN3O/c24-19-11-13-20(14-12-19)25-23(28)21-16-27(15-17-7-3-1-4-8-17)26-22(21)18-9-5-2-6-10-18/h1-14,16H,15H2,(H,25,28). The molecule has 0 unspecified atom stereocenters. The average molecular weight is 371 g/mol. The van der Waals surface area contributed by atoms with Crippen LogP contribution in [0.4, 0.5) is 10.1 Å². The monoisotopic (exact) mass is 371 g/mol. The third-order valence-corrected chi connectivity index (χ3v) is 4.34. The number of nitrogens with one attached hydrogen (secondary N) is 1. The summed E-state index contributed by atoms with van der Waals surface area (Å²) in [7, 11) is 0. The fourth-order valence-electron chi connectivity index (χ4n) is 2.98. The number of anilines is 1. The molecular weight excluding hydrogens is 353 g/mol. The molecular formula is C23H18FN3O. The normalized spacial score (nSPS) is 10.6. The molecule has 138 valence electrons. The van der Waals surface area contributed by atoms with Crippen LogP contribution in [0.3, 0.4) is 0 Å². The van der Waals surface area contributed by atoms with Crippen LogP contribution in [0.25, 0.3) is 11.3 Å². The summed E-state index contributed by atoms with van der Waals surface area (Å²) in [5.41, 5.74) is 3.55. The van der Waals surface area contributed by atoms with Crippen molar-refractivity contribution in [3.05, 3.63) is 108 Å². The first-order valence-electron chi connectivity index (χ1n) is 8.93. The Kier molecular flexibility index (Phi) is 4.97. The molecule has 1 aromatic heterocycles. The van der Waals surface area contributed by atoms with Crippen molar-refractivity contribution in [3.63, 3.8) is 0 Å². The van der Waals surface area contributed by atoms with E-state index >= 15 is 0 Å². The highest BCUT2D eigenvalue weighted by Gasteiger charge is 2.18. The molecule has 1 amide bonds. The second kappa shape index (κ2) is 7.88. The largest absolute Gasteiger partial charge is 0.322 e. The van der Waals surface area contributed by atoms with Crippen LogP contribution in [0, 0.1) is 5.82 Å². The SMILES string of the molecule is O=C(Nc1ccc(F)cc1)c1cn(Cc2ccccc2)nc1-c1ccccc1. The molecule has 0 bridgehead atoms. The smallest absolute Gasteiger partial charge is 0.259 e. The third kappa shape index (κ3) is 3.99. The molecule has 0 radical (unpaired) electrons. The lowest BCUT2D eigenvalue weighted by Crippen LogP contribution is -2.12. The van der Waals surface area contributed by atoms with E-state index in [0.29, 0.717) is 23.5 Å². The molecule has 0 aliphatic heterocycles. The Balaban J connectivity index is 1.67. The number of carbonyl (C=O) groups is 1. The first-order valence-corrected chi connectivity index (χ1v) is 8.93. The highest BCUT2D eigenvalue weighted by Crippen LogP contribution is 2.23. The van der Waals surface area contributed by atoms with E-state index in [1.807, 2.05) is 60.7 Å². The summed E-state index contributed by atoms with van der Waals surface area (Å²) in [4.78, 5) is 12.9. The van der Waals surface area contributed by atoms with Gasteiger partial charge in [-0.05, 0) is 29.8 Å². The number of halogens is 1. The van der Waals surface area contributed by atoms with Gasteiger partial charge in [0, 0.05) is 17.4 Å². The van der Waals surface area contributed by atoms with Gasteiger partial charge in [-0.3, -0.25) is 9.48 Å². The van der Waals surface area contributed by atoms with Gasteiger partial charge in [-0.2, -0.15) is 5.10 Å². The summed E-state index contributed by atoms with van der Waals surface area (Å²) in [5, 5.41) is 7.46. The molecule has 0 saturated heterocycles. The minimum atomic E-state index is -0.348. The first-order chi connectivity index (χ1) is 13.7. The lowest BCUT2D eigenvalue weighted by molar-refractivity contribution is 0.102. The van der Waals surface area contributed by atoms with Gasteiger partial charge in [0.2, 0.25) is 0 Å². The number of rotatable bonds is 5. The topological polar surface area (TPSA) is 46.9 Å². The maximum atomic E-state index is 13.1. The van der Waals surface area contributed by atoms with Crippen LogP contribution < -0.4 is 5.32 Å². The van der Waals surface area contributed by atoms with E-state index in [4.69, 9.17) is 0 Å². The van der Waals surface area contributed by atoms with Gasteiger partial charge in [-0.15, -0.1) is 0 Å². The van der Waals surface area contributed by atoms with Crippen LogP contribution in [-0.4, -0.2) is 15.7 Å². The fourth-order valence-corrected chi connectivity index (χ4v) is 2.98. The third-order valence-electron chi connectivity index (χ3n) is 4.34. The number of carbonyl (C=O) groups excluding carboxylic acids is 1. The molecule has 4 rings (SSSR count). The molecule has 1 N–H and O–H groups in total. The van der Waals surface area contributed by atoms with Gasteiger partial charge in [-0.25, -0.2) is 4.39 Å². The number of benzene rings is 3. The molecule has 4 nitrogen and oxygen atoms in total. The highest BCUT2D eigenvalue weighted by atomic mass is 19.1. The van der Waals surface area contributed by atoms with Crippen LogP contribution in [0.2, 0.25) is 0 Å². The van der Waals surface area contributed by atoms with Gasteiger partial charge in [-0.1, -0.05) is 60.7 Å². The predicted octanol–water partition coefficient (Wildman–Crippen LogP) is 4.99. The van der Waals surface area contributed by atoms with Crippen molar-refractivity contribution >= 4 is 11.6 Å². The highest BCUT2D eigenvalue weighted by molar-refractivity contribution is 6.08. The van der Waals surface area contributed by atoms with Gasteiger partial charge in [0.25, 0.3) is 5.91 Å². The number of amides is 1. The molecule has 0 saturated carbocycles. The summed E-state index contributed by atoms with van der Waals surface area (Å²) < 4.78 is 14.9. The Labute approximate surface area is 162 Å². The molecule has 0 atom stereocenters. The summed E-state index contributed by atoms with van der Waals surface area (Å²) >= 11 is 0. The minimum absolute atomic E-state index is 0.287. The summed E-state index contributed by atoms with van der Waals surface area (Å²) in [6.07, 6.45) is 1.74. The molecule has 0 fully saturated rings. The van der Waals surface area contributed by atoms with E-state index < -0.39 is 0 Å². The maximum absolute atomic E-state index is 13.1. The van der Waals surface area contributed by atoms with Crippen molar-refractivity contribution in [2.24, 2.45) is 0 Å². The Bertz CT molecular complexity index is 1070. The van der Waals surface area contributed by atoms with Crippen molar-refractivity contribution in [1.82, 2.24) is 9.78 Å². The van der Waals surface area contributed by atoms with Crippen LogP contribution in [0.15, 0.2) is 91.1 Å². The fraction of sp³-hybridized carbons (Fsp3) is 0.0435. The van der Waals surface area contributed by atoms with Gasteiger partial charge in [0.15, 0.2) is 0 Å². The Morgan fingerprint density at radius 2 is 1.54 bits per heavy atom. The van der Waals surface area contributed by atoms with Gasteiger partial charge >= 0.3 is 0 Å². The molecule has 5 heteroatoms. The van der Waals surface area contributed by atoms with Crippen molar-refractivity contribution < 1.29 is 9.18 Å². The second-order valence-electron chi connectivity index (χ2n) is 6.40. The Morgan fingerprint density at radius 1 is 0.893 bits per heavy atom. The van der Waals surface area contributed by atoms with Crippen molar-refractivity contribution in [2.75, 3.05) is 5.32 Å². The zero-order valence-electron chi connectivity index (χ0n) is 15.0. The van der Waals surface area contributed by atoms with Crippen molar-refractivity contribution in [1.29, 1.82) is 0 Å². The van der Waals surface area contributed by atoms with Crippen molar-refractivity contribution in [2.45, 2.75) is 6.54 Å². The zero-order valence-corrected chi connectivity index (χ0v) is 15.0. The van der Waals surface area contributed by atoms with Crippen LogP contribution >= 0.6 is 0 Å². The van der Waals surface area contributed by atoms with Crippen LogP contribution in [0.5, 0.6) is 0 Å². The zero-order chi connectivity index (χ0) is 19.3. The minimum Gasteiger partial charge on any atom is -0.322 e. The molecule has 28 heavy (non-hydrogen) atoms. The van der Waals surface area contributed by atoms with Gasteiger partial charge in [0.1, 0.15) is 11.5 Å². The second-order valence-corrected chi connectivity index (χ2v) is 6.40. The molecule has 3 aromatic carbocycles. The maximum Gasteiger partial charge on any atom is 0.259 e. The van der Waals surface area contributed by atoms with Crippen LogP contribution in [-0.2, 0) is 6.54 Å². The molecule has 4 aromatic rings. The lowest BCUT2D eigenvalue weighted by atomic mass is 10.1. The summed E-state index contributed by atoms with van der Waals surface area (Å²) in [6.45, 7) is 0.560. The van der Waals surface area contributed by atoms with E-state index in [0.717, 1.165) is 11.1 Å². The summed E-state index contributed by atoms with van der Waals surface area (Å²) in [5.74, 6) is -0.636. The van der Waals surface area contributed by atoms with Crippen LogP contribution in [0.1, 0.15) is 15.9 Å².